The van der Waals surface area contributed by atoms with Gasteiger partial charge in [-0.05, 0) is 28.1 Å². The number of amides is 1. The summed E-state index contributed by atoms with van der Waals surface area (Å²) in [6.45, 7) is 0.0791. The molecule has 7 nitrogen and oxygen atoms in total. The minimum absolute atomic E-state index is 0.00937. The summed E-state index contributed by atoms with van der Waals surface area (Å²) in [5.74, 6) is -2.41. The quantitative estimate of drug-likeness (QED) is 0.777. The molecule has 1 aromatic rings. The number of carbonyl (C=O) groups is 2. The first-order chi connectivity index (χ1) is 10.1. The second kappa shape index (κ2) is 6.15. The molecular weight excluding hydrogens is 400 g/mol. The Morgan fingerprint density at radius 3 is 2.68 bits per heavy atom. The van der Waals surface area contributed by atoms with Crippen LogP contribution in [0.1, 0.15) is 16.8 Å². The summed E-state index contributed by atoms with van der Waals surface area (Å²) in [5, 5.41) is 14.5. The number of sulfonamides is 1. The molecule has 0 bridgehead atoms. The maximum absolute atomic E-state index is 12.1. The highest BCUT2D eigenvalue weighted by Crippen LogP contribution is 2.37. The van der Waals surface area contributed by atoms with Gasteiger partial charge in [0.1, 0.15) is 0 Å². The van der Waals surface area contributed by atoms with E-state index in [1.54, 1.807) is 0 Å². The third-order valence-corrected chi connectivity index (χ3v) is 4.96. The number of hydrogen-bond acceptors (Lipinski definition) is 4. The van der Waals surface area contributed by atoms with Gasteiger partial charge in [-0.25, -0.2) is 18.4 Å². The maximum atomic E-state index is 12.1. The molecule has 1 amide bonds. The molecule has 120 valence electrons. The molecule has 1 aliphatic heterocycles. The molecule has 0 spiro atoms. The van der Waals surface area contributed by atoms with E-state index in [0.717, 1.165) is 0 Å². The Bertz CT molecular complexity index is 752. The monoisotopic (exact) mass is 410 g/mol. The highest BCUT2D eigenvalue weighted by atomic mass is 79.9. The average molecular weight is 412 g/mol. The third kappa shape index (κ3) is 3.78. The van der Waals surface area contributed by atoms with E-state index in [9.17, 15) is 23.1 Å². The van der Waals surface area contributed by atoms with Gasteiger partial charge in [0, 0.05) is 28.4 Å². The van der Waals surface area contributed by atoms with Crippen molar-refractivity contribution in [1.82, 2.24) is 0 Å². The molecule has 1 aliphatic rings. The van der Waals surface area contributed by atoms with Gasteiger partial charge in [0.05, 0.1) is 17.0 Å². The van der Waals surface area contributed by atoms with Crippen molar-refractivity contribution >= 4 is 55.1 Å². The number of nitrogens with zero attached hydrogens (tertiary/aromatic N) is 1. The Balaban J connectivity index is 2.40. The van der Waals surface area contributed by atoms with Gasteiger partial charge in [0.25, 0.3) is 0 Å². The molecule has 3 N–H and O–H groups in total. The number of rotatable bonds is 4. The van der Waals surface area contributed by atoms with Crippen LogP contribution >= 0.6 is 27.5 Å². The number of carbonyl (C=O) groups excluding carboxylic acids is 1. The maximum Gasteiger partial charge on any atom is 0.337 e. The van der Waals surface area contributed by atoms with E-state index in [-0.39, 0.29) is 40.9 Å². The molecule has 1 atom stereocenters. The van der Waals surface area contributed by atoms with Crippen LogP contribution in [-0.4, -0.2) is 37.7 Å². The Labute approximate surface area is 140 Å². The van der Waals surface area contributed by atoms with E-state index in [0.29, 0.717) is 4.47 Å². The van der Waals surface area contributed by atoms with Gasteiger partial charge in [0.2, 0.25) is 15.9 Å². The van der Waals surface area contributed by atoms with Crippen LogP contribution < -0.4 is 10.0 Å². The van der Waals surface area contributed by atoms with Crippen molar-refractivity contribution in [1.29, 1.82) is 0 Å². The number of nitrogens with two attached hydrogens (primary N) is 1. The molecule has 1 fully saturated rings. The lowest BCUT2D eigenvalue weighted by Gasteiger charge is -2.21. The van der Waals surface area contributed by atoms with Crippen LogP contribution in [0.4, 0.5) is 5.69 Å². The van der Waals surface area contributed by atoms with Crippen LogP contribution in [0, 0.1) is 5.92 Å². The normalized spacial score (nSPS) is 18.8. The highest BCUT2D eigenvalue weighted by molar-refractivity contribution is 9.10. The molecule has 1 heterocycles. The van der Waals surface area contributed by atoms with Crippen LogP contribution in [-0.2, 0) is 14.8 Å². The van der Waals surface area contributed by atoms with Crippen LogP contribution in [0.2, 0.25) is 5.02 Å². The lowest BCUT2D eigenvalue weighted by molar-refractivity contribution is -0.117. The van der Waals surface area contributed by atoms with Gasteiger partial charge < -0.3 is 10.0 Å². The van der Waals surface area contributed by atoms with Gasteiger partial charge in [-0.2, -0.15) is 0 Å². The highest BCUT2D eigenvalue weighted by Gasteiger charge is 2.35. The molecule has 2 rings (SSSR count). The Hall–Kier alpha value is -1.16. The third-order valence-electron chi connectivity index (χ3n) is 3.20. The number of benzene rings is 1. The van der Waals surface area contributed by atoms with Gasteiger partial charge in [-0.15, -0.1) is 0 Å². The predicted octanol–water partition coefficient (Wildman–Crippen LogP) is 1.44. The SMILES string of the molecule is NS(=O)(=O)CC1CC(=O)N(c2c(Br)cc(Cl)cc2C(=O)O)C1. The lowest BCUT2D eigenvalue weighted by atomic mass is 10.1. The number of halogens is 2. The summed E-state index contributed by atoms with van der Waals surface area (Å²) >= 11 is 9.03. The Morgan fingerprint density at radius 2 is 2.14 bits per heavy atom. The van der Waals surface area contributed by atoms with Crippen molar-refractivity contribution < 1.29 is 23.1 Å². The molecule has 22 heavy (non-hydrogen) atoms. The smallest absolute Gasteiger partial charge is 0.337 e. The summed E-state index contributed by atoms with van der Waals surface area (Å²) < 4.78 is 22.7. The van der Waals surface area contributed by atoms with E-state index >= 15 is 0 Å². The predicted molar refractivity (Wildman–Crippen MR) is 84.5 cm³/mol. The van der Waals surface area contributed by atoms with E-state index in [1.165, 1.54) is 17.0 Å². The molecule has 10 heteroatoms. The van der Waals surface area contributed by atoms with Crippen molar-refractivity contribution in [3.63, 3.8) is 0 Å². The van der Waals surface area contributed by atoms with Crippen LogP contribution in [0.25, 0.3) is 0 Å². The van der Waals surface area contributed by atoms with E-state index in [4.69, 9.17) is 16.7 Å². The minimum Gasteiger partial charge on any atom is -0.478 e. The number of primary sulfonamides is 1. The summed E-state index contributed by atoms with van der Waals surface area (Å²) in [6, 6.07) is 2.72. The summed E-state index contributed by atoms with van der Waals surface area (Å²) in [5.41, 5.74) is 0.0304. The van der Waals surface area contributed by atoms with E-state index in [2.05, 4.69) is 15.9 Å². The molecule has 1 saturated heterocycles. The van der Waals surface area contributed by atoms with Crippen molar-refractivity contribution in [2.45, 2.75) is 6.42 Å². The number of anilines is 1. The van der Waals surface area contributed by atoms with Crippen LogP contribution in [0.3, 0.4) is 0 Å². The Morgan fingerprint density at radius 1 is 1.50 bits per heavy atom. The molecule has 0 saturated carbocycles. The Kier molecular flexibility index (Phi) is 4.81. The first kappa shape index (κ1) is 17.2. The van der Waals surface area contributed by atoms with Crippen molar-refractivity contribution in [3.05, 3.63) is 27.2 Å². The molecule has 0 aliphatic carbocycles. The summed E-state index contributed by atoms with van der Waals surface area (Å²) in [4.78, 5) is 24.7. The largest absolute Gasteiger partial charge is 0.478 e. The molecule has 1 unspecified atom stereocenters. The first-order valence-corrected chi connectivity index (χ1v) is 9.00. The van der Waals surface area contributed by atoms with Gasteiger partial charge in [-0.1, -0.05) is 11.6 Å². The fraction of sp³-hybridized carbons (Fsp3) is 0.333. The van der Waals surface area contributed by atoms with Crippen molar-refractivity contribution in [2.75, 3.05) is 17.2 Å². The van der Waals surface area contributed by atoms with Crippen LogP contribution in [0.15, 0.2) is 16.6 Å². The number of carboxylic acid groups (broad SMARTS) is 1. The molecular formula is C12H12BrClN2O5S. The zero-order valence-corrected chi connectivity index (χ0v) is 14.3. The average Bonchev–Trinajstić information content (AvgIpc) is 2.66. The van der Waals surface area contributed by atoms with Crippen molar-refractivity contribution in [2.24, 2.45) is 11.1 Å². The second-order valence-corrected chi connectivity index (χ2v) is 7.94. The van der Waals surface area contributed by atoms with Gasteiger partial charge in [-0.3, -0.25) is 4.79 Å². The topological polar surface area (TPSA) is 118 Å². The number of carboxylic acids is 1. The second-order valence-electron chi connectivity index (χ2n) is 4.99. The van der Waals surface area contributed by atoms with Crippen molar-refractivity contribution in [3.8, 4) is 0 Å². The zero-order chi connectivity index (χ0) is 16.7. The first-order valence-electron chi connectivity index (χ1n) is 6.11. The molecule has 1 aromatic carbocycles. The van der Waals surface area contributed by atoms with Gasteiger partial charge in [0.15, 0.2) is 0 Å². The fourth-order valence-electron chi connectivity index (χ4n) is 2.44. The number of aromatic carboxylic acids is 1. The molecule has 0 radical (unpaired) electrons. The van der Waals surface area contributed by atoms with E-state index in [1.807, 2.05) is 0 Å². The number of hydrogen-bond donors (Lipinski definition) is 2. The van der Waals surface area contributed by atoms with E-state index < -0.39 is 21.9 Å². The van der Waals surface area contributed by atoms with Crippen LogP contribution in [0.5, 0.6) is 0 Å². The van der Waals surface area contributed by atoms with Gasteiger partial charge >= 0.3 is 5.97 Å². The summed E-state index contributed by atoms with van der Waals surface area (Å²) in [6.07, 6.45) is -0.00937. The standard InChI is InChI=1S/C12H12BrClN2O5S/c13-9-3-7(14)2-8(12(18)19)11(9)16-4-6(1-10(16)17)5-22(15,20)21/h2-3,6H,1,4-5H2,(H,18,19)(H2,15,20,21). The lowest BCUT2D eigenvalue weighted by Crippen LogP contribution is -2.29. The fourth-order valence-corrected chi connectivity index (χ4v) is 4.35. The summed E-state index contributed by atoms with van der Waals surface area (Å²) in [7, 11) is -3.71. The zero-order valence-electron chi connectivity index (χ0n) is 11.1. The molecule has 0 aromatic heterocycles. The minimum atomic E-state index is -3.71.